The van der Waals surface area contributed by atoms with Gasteiger partial charge < -0.3 is 8.83 Å². The van der Waals surface area contributed by atoms with Gasteiger partial charge in [0, 0.05) is 0 Å². The van der Waals surface area contributed by atoms with Gasteiger partial charge in [0.2, 0.25) is 0 Å². The fraction of sp³-hybridized carbons (Fsp3) is 0.176. The lowest BCUT2D eigenvalue weighted by Gasteiger charge is -2.10. The molecule has 4 heterocycles. The van der Waals surface area contributed by atoms with E-state index in [0.29, 0.717) is 11.5 Å². The fourth-order valence-corrected chi connectivity index (χ4v) is 2.67. The van der Waals surface area contributed by atoms with E-state index in [0.717, 1.165) is 6.07 Å². The number of hydrogen-bond donors (Lipinski definition) is 0. The van der Waals surface area contributed by atoms with Crippen LogP contribution in [0.4, 0.5) is 13.2 Å². The van der Waals surface area contributed by atoms with Crippen LogP contribution in [0.2, 0.25) is 0 Å². The number of nitrogens with zero attached hydrogens (tertiary/aromatic N) is 3. The van der Waals surface area contributed by atoms with Crippen LogP contribution in [-0.2, 0) is 12.7 Å². The van der Waals surface area contributed by atoms with E-state index in [1.807, 2.05) is 0 Å². The number of alkyl halides is 3. The molecule has 0 saturated heterocycles. The molecule has 0 aliphatic rings. The van der Waals surface area contributed by atoms with E-state index in [1.54, 1.807) is 31.2 Å². The summed E-state index contributed by atoms with van der Waals surface area (Å²) in [5, 5.41) is 4.00. The number of hydrogen-bond acceptors (Lipinski definition) is 4. The highest BCUT2D eigenvalue weighted by Gasteiger charge is 2.35. The van der Waals surface area contributed by atoms with Gasteiger partial charge in [0.1, 0.15) is 23.8 Å². The molecule has 0 aliphatic heterocycles. The van der Waals surface area contributed by atoms with Gasteiger partial charge in [0.25, 0.3) is 0 Å². The Hall–Kier alpha value is -3.03. The molecule has 0 aromatic carbocycles. The molecule has 4 aromatic heterocycles. The number of furan rings is 2. The first-order valence-electron chi connectivity index (χ1n) is 7.45. The van der Waals surface area contributed by atoms with Crippen molar-refractivity contribution in [1.82, 2.24) is 14.8 Å². The predicted molar refractivity (Wildman–Crippen MR) is 82.8 cm³/mol. The van der Waals surface area contributed by atoms with Crippen LogP contribution in [0.3, 0.4) is 0 Å². The molecule has 0 spiro atoms. The second-order valence-electron chi connectivity index (χ2n) is 5.58. The molecule has 25 heavy (non-hydrogen) atoms. The molecule has 4 rings (SSSR count). The van der Waals surface area contributed by atoms with Crippen LogP contribution in [-0.4, -0.2) is 14.8 Å². The zero-order valence-corrected chi connectivity index (χ0v) is 13.0. The lowest BCUT2D eigenvalue weighted by Crippen LogP contribution is -2.08. The smallest absolute Gasteiger partial charge is 0.417 e. The van der Waals surface area contributed by atoms with E-state index in [9.17, 15) is 13.2 Å². The summed E-state index contributed by atoms with van der Waals surface area (Å²) in [6.07, 6.45) is -1.97. The lowest BCUT2D eigenvalue weighted by atomic mass is 10.1. The normalized spacial score (nSPS) is 12.2. The number of fused-ring (bicyclic) bond motifs is 1. The number of aryl methyl sites for hydroxylation is 1. The van der Waals surface area contributed by atoms with Gasteiger partial charge in [-0.1, -0.05) is 0 Å². The Morgan fingerprint density at radius 1 is 1.20 bits per heavy atom. The van der Waals surface area contributed by atoms with E-state index in [1.165, 1.54) is 17.1 Å². The molecule has 128 valence electrons. The van der Waals surface area contributed by atoms with E-state index < -0.39 is 11.7 Å². The van der Waals surface area contributed by atoms with Crippen molar-refractivity contribution in [3.8, 4) is 11.5 Å². The minimum atomic E-state index is -4.53. The summed E-state index contributed by atoms with van der Waals surface area (Å²) in [5.41, 5.74) is -0.580. The van der Waals surface area contributed by atoms with E-state index in [4.69, 9.17) is 8.83 Å². The molecule has 0 radical (unpaired) electrons. The highest BCUT2D eigenvalue weighted by Crippen LogP contribution is 2.36. The zero-order valence-electron chi connectivity index (χ0n) is 13.0. The summed E-state index contributed by atoms with van der Waals surface area (Å²) in [4.78, 5) is 4.32. The minimum absolute atomic E-state index is 0.0638. The maximum Gasteiger partial charge on any atom is 0.417 e. The van der Waals surface area contributed by atoms with Crippen LogP contribution in [0.25, 0.3) is 22.5 Å². The van der Waals surface area contributed by atoms with E-state index in [-0.39, 0.29) is 29.0 Å². The molecule has 0 bridgehead atoms. The van der Waals surface area contributed by atoms with Crippen molar-refractivity contribution in [3.63, 3.8) is 0 Å². The van der Waals surface area contributed by atoms with Gasteiger partial charge >= 0.3 is 6.18 Å². The highest BCUT2D eigenvalue weighted by atomic mass is 19.4. The average molecular weight is 347 g/mol. The van der Waals surface area contributed by atoms with Crippen LogP contribution in [0.15, 0.2) is 51.6 Å². The van der Waals surface area contributed by atoms with Crippen molar-refractivity contribution >= 4 is 11.0 Å². The lowest BCUT2D eigenvalue weighted by molar-refractivity contribution is -0.136. The summed E-state index contributed by atoms with van der Waals surface area (Å²) in [6.45, 7) is 1.98. The minimum Gasteiger partial charge on any atom is -0.464 e. The topological polar surface area (TPSA) is 57.0 Å². The second kappa shape index (κ2) is 5.51. The molecule has 0 aliphatic carbocycles. The largest absolute Gasteiger partial charge is 0.464 e. The maximum atomic E-state index is 13.5. The van der Waals surface area contributed by atoms with E-state index >= 15 is 0 Å². The average Bonchev–Trinajstić information content (AvgIpc) is 3.28. The van der Waals surface area contributed by atoms with Gasteiger partial charge in [-0.2, -0.15) is 18.3 Å². The highest BCUT2D eigenvalue weighted by molar-refractivity contribution is 5.82. The second-order valence-corrected chi connectivity index (χ2v) is 5.58. The Bertz CT molecular complexity index is 1030. The van der Waals surface area contributed by atoms with E-state index in [2.05, 4.69) is 10.1 Å². The third-order valence-corrected chi connectivity index (χ3v) is 3.79. The van der Waals surface area contributed by atoms with Crippen LogP contribution >= 0.6 is 0 Å². The number of aromatic nitrogens is 3. The van der Waals surface area contributed by atoms with Crippen molar-refractivity contribution < 1.29 is 22.0 Å². The van der Waals surface area contributed by atoms with Gasteiger partial charge in [0.15, 0.2) is 11.4 Å². The first-order chi connectivity index (χ1) is 11.9. The monoisotopic (exact) mass is 347 g/mol. The van der Waals surface area contributed by atoms with Gasteiger partial charge in [-0.15, -0.1) is 0 Å². The van der Waals surface area contributed by atoms with Crippen molar-refractivity contribution in [2.45, 2.75) is 19.6 Å². The summed E-state index contributed by atoms with van der Waals surface area (Å²) in [5.74, 6) is 1.56. The fourth-order valence-electron chi connectivity index (χ4n) is 2.67. The van der Waals surface area contributed by atoms with Gasteiger partial charge in [-0.05, 0) is 37.3 Å². The van der Waals surface area contributed by atoms with Crippen molar-refractivity contribution in [3.05, 3.63) is 59.9 Å². The number of halogens is 3. The third kappa shape index (κ3) is 2.79. The molecular weight excluding hydrogens is 335 g/mol. The first kappa shape index (κ1) is 15.5. The van der Waals surface area contributed by atoms with Crippen LogP contribution in [0.1, 0.15) is 17.1 Å². The number of rotatable bonds is 3. The molecular formula is C17H12F3N3O2. The molecule has 5 nitrogen and oxygen atoms in total. The van der Waals surface area contributed by atoms with Crippen LogP contribution in [0, 0.1) is 6.92 Å². The molecule has 0 fully saturated rings. The summed E-state index contributed by atoms with van der Waals surface area (Å²) in [6, 6.07) is 7.67. The van der Waals surface area contributed by atoms with Crippen LogP contribution < -0.4 is 0 Å². The zero-order chi connectivity index (χ0) is 17.6. The molecule has 0 N–H and O–H groups in total. The Morgan fingerprint density at radius 2 is 2.04 bits per heavy atom. The Morgan fingerprint density at radius 3 is 2.68 bits per heavy atom. The molecule has 8 heteroatoms. The summed E-state index contributed by atoms with van der Waals surface area (Å²) >= 11 is 0. The third-order valence-electron chi connectivity index (χ3n) is 3.79. The molecule has 0 amide bonds. The predicted octanol–water partition coefficient (Wildman–Crippen LogP) is 4.66. The molecule has 0 atom stereocenters. The molecule has 0 saturated carbocycles. The maximum absolute atomic E-state index is 13.5. The van der Waals surface area contributed by atoms with Gasteiger partial charge in [0.05, 0.1) is 23.4 Å². The Labute approximate surface area is 139 Å². The van der Waals surface area contributed by atoms with Crippen molar-refractivity contribution in [2.24, 2.45) is 0 Å². The van der Waals surface area contributed by atoms with Crippen LogP contribution in [0.5, 0.6) is 0 Å². The standard InChI is InChI=1S/C17H12F3N3O2/c1-10-4-5-11(25-10)9-23-16-12(8-21-23)13(17(18,19)20)7-14(22-16)15-3-2-6-24-15/h2-8H,9H2,1H3. The summed E-state index contributed by atoms with van der Waals surface area (Å²) < 4.78 is 52.5. The van der Waals surface area contributed by atoms with Crippen molar-refractivity contribution in [1.29, 1.82) is 0 Å². The van der Waals surface area contributed by atoms with Gasteiger partial charge in [-0.3, -0.25) is 0 Å². The summed E-state index contributed by atoms with van der Waals surface area (Å²) in [7, 11) is 0. The SMILES string of the molecule is Cc1ccc(Cn2ncc3c(C(F)(F)F)cc(-c4ccco4)nc32)o1. The molecule has 0 unspecified atom stereocenters. The Kier molecular flexibility index (Phi) is 3.41. The quantitative estimate of drug-likeness (QED) is 0.541. The number of pyridine rings is 1. The molecule has 4 aromatic rings. The Balaban J connectivity index is 1.90. The van der Waals surface area contributed by atoms with Crippen molar-refractivity contribution in [2.75, 3.05) is 0 Å². The van der Waals surface area contributed by atoms with Gasteiger partial charge in [-0.25, -0.2) is 9.67 Å². The first-order valence-corrected chi connectivity index (χ1v) is 7.45.